The molecular weight excluding hydrogens is 318 g/mol. The van der Waals surface area contributed by atoms with Gasteiger partial charge in [-0.25, -0.2) is 0 Å². The zero-order chi connectivity index (χ0) is 18.2. The van der Waals surface area contributed by atoms with Crippen molar-refractivity contribution >= 4 is 17.5 Å². The second kappa shape index (κ2) is 8.94. The van der Waals surface area contributed by atoms with E-state index in [1.54, 1.807) is 13.2 Å². The number of carbonyl (C=O) groups is 2. The number of hydrogen-bond acceptors (Lipinski definition) is 4. The van der Waals surface area contributed by atoms with Gasteiger partial charge in [-0.15, -0.1) is 0 Å². The van der Waals surface area contributed by atoms with Gasteiger partial charge in [-0.2, -0.15) is 0 Å². The predicted molar refractivity (Wildman–Crippen MR) is 97.0 cm³/mol. The standard InChI is InChI=1S/C19H23N3O3/c1-4-14-7-5-6-13(2)17(14)22-18(23)15-8-9-20-16(12-15)19(24)21-10-11-25-3/h5-9,12H,4,10-11H2,1-3H3,(H,21,24)(H,22,23). The Morgan fingerprint density at radius 3 is 2.72 bits per heavy atom. The van der Waals surface area contributed by atoms with Gasteiger partial charge in [0.1, 0.15) is 5.69 Å². The van der Waals surface area contributed by atoms with Crippen LogP contribution in [0.4, 0.5) is 5.69 Å². The molecule has 0 atom stereocenters. The Labute approximate surface area is 147 Å². The van der Waals surface area contributed by atoms with E-state index in [1.165, 1.54) is 12.3 Å². The highest BCUT2D eigenvalue weighted by Gasteiger charge is 2.14. The third-order valence-corrected chi connectivity index (χ3v) is 3.83. The van der Waals surface area contributed by atoms with Crippen LogP contribution in [0.3, 0.4) is 0 Å². The Bertz CT molecular complexity index is 759. The molecule has 2 amide bonds. The van der Waals surface area contributed by atoms with E-state index in [1.807, 2.05) is 32.0 Å². The van der Waals surface area contributed by atoms with Crippen LogP contribution in [0, 0.1) is 6.92 Å². The maximum Gasteiger partial charge on any atom is 0.269 e. The molecule has 1 aromatic heterocycles. The first kappa shape index (κ1) is 18.6. The molecule has 0 spiro atoms. The minimum absolute atomic E-state index is 0.198. The fourth-order valence-electron chi connectivity index (χ4n) is 2.44. The molecular formula is C19H23N3O3. The number of para-hydroxylation sites is 1. The number of rotatable bonds is 7. The van der Waals surface area contributed by atoms with E-state index in [2.05, 4.69) is 15.6 Å². The van der Waals surface area contributed by atoms with E-state index in [0.29, 0.717) is 18.7 Å². The van der Waals surface area contributed by atoms with Crippen LogP contribution in [0.2, 0.25) is 0 Å². The molecule has 0 bridgehead atoms. The molecule has 0 aliphatic rings. The van der Waals surface area contributed by atoms with Crippen molar-refractivity contribution in [2.45, 2.75) is 20.3 Å². The second-order valence-electron chi connectivity index (χ2n) is 5.60. The SMILES string of the molecule is CCc1cccc(C)c1NC(=O)c1ccnc(C(=O)NCCOC)c1. The van der Waals surface area contributed by atoms with Crippen LogP contribution < -0.4 is 10.6 Å². The summed E-state index contributed by atoms with van der Waals surface area (Å²) < 4.78 is 4.89. The van der Waals surface area contributed by atoms with Crippen LogP contribution >= 0.6 is 0 Å². The Kier molecular flexibility index (Phi) is 6.65. The first-order valence-corrected chi connectivity index (χ1v) is 8.19. The quantitative estimate of drug-likeness (QED) is 0.759. The molecule has 0 unspecified atom stereocenters. The zero-order valence-corrected chi connectivity index (χ0v) is 14.8. The number of nitrogens with one attached hydrogen (secondary N) is 2. The fraction of sp³-hybridized carbons (Fsp3) is 0.316. The van der Waals surface area contributed by atoms with Gasteiger partial charge in [-0.05, 0) is 36.6 Å². The molecule has 0 aliphatic carbocycles. The summed E-state index contributed by atoms with van der Waals surface area (Å²) in [7, 11) is 1.56. The van der Waals surface area contributed by atoms with Gasteiger partial charge in [0.2, 0.25) is 0 Å². The highest BCUT2D eigenvalue weighted by molar-refractivity contribution is 6.06. The average molecular weight is 341 g/mol. The molecule has 1 aromatic carbocycles. The summed E-state index contributed by atoms with van der Waals surface area (Å²) in [6.07, 6.45) is 2.28. The van der Waals surface area contributed by atoms with E-state index < -0.39 is 0 Å². The second-order valence-corrected chi connectivity index (χ2v) is 5.60. The number of amides is 2. The summed E-state index contributed by atoms with van der Waals surface area (Å²) in [5, 5.41) is 5.63. The van der Waals surface area contributed by atoms with Crippen LogP contribution in [0.5, 0.6) is 0 Å². The van der Waals surface area contributed by atoms with Gasteiger partial charge in [0.25, 0.3) is 11.8 Å². The molecule has 0 saturated carbocycles. The minimum Gasteiger partial charge on any atom is -0.383 e. The molecule has 2 N–H and O–H groups in total. The summed E-state index contributed by atoms with van der Waals surface area (Å²) in [5.41, 5.74) is 3.47. The number of ether oxygens (including phenoxy) is 1. The Morgan fingerprint density at radius 2 is 2.00 bits per heavy atom. The number of aromatic nitrogens is 1. The zero-order valence-electron chi connectivity index (χ0n) is 14.8. The van der Waals surface area contributed by atoms with Crippen LogP contribution in [0.1, 0.15) is 38.9 Å². The van der Waals surface area contributed by atoms with Crippen LogP contribution in [-0.2, 0) is 11.2 Å². The van der Waals surface area contributed by atoms with Crippen molar-refractivity contribution in [2.24, 2.45) is 0 Å². The van der Waals surface area contributed by atoms with Gasteiger partial charge < -0.3 is 15.4 Å². The summed E-state index contributed by atoms with van der Waals surface area (Å²) in [6.45, 7) is 4.80. The van der Waals surface area contributed by atoms with E-state index in [-0.39, 0.29) is 17.5 Å². The van der Waals surface area contributed by atoms with Crippen LogP contribution in [-0.4, -0.2) is 37.1 Å². The van der Waals surface area contributed by atoms with E-state index in [0.717, 1.165) is 23.2 Å². The summed E-state index contributed by atoms with van der Waals surface area (Å²) in [4.78, 5) is 28.7. The van der Waals surface area contributed by atoms with E-state index in [9.17, 15) is 9.59 Å². The lowest BCUT2D eigenvalue weighted by Gasteiger charge is -2.13. The van der Waals surface area contributed by atoms with E-state index in [4.69, 9.17) is 4.74 Å². The van der Waals surface area contributed by atoms with Gasteiger partial charge in [0.15, 0.2) is 0 Å². The Morgan fingerprint density at radius 1 is 1.20 bits per heavy atom. The van der Waals surface area contributed by atoms with Crippen molar-refractivity contribution in [1.82, 2.24) is 10.3 Å². The molecule has 0 radical (unpaired) electrons. The normalized spacial score (nSPS) is 10.4. The van der Waals surface area contributed by atoms with Crippen LogP contribution in [0.15, 0.2) is 36.5 Å². The van der Waals surface area contributed by atoms with Gasteiger partial charge in [0.05, 0.1) is 6.61 Å². The van der Waals surface area contributed by atoms with Gasteiger partial charge in [-0.1, -0.05) is 25.1 Å². The molecule has 0 fully saturated rings. The van der Waals surface area contributed by atoms with Crippen molar-refractivity contribution in [1.29, 1.82) is 0 Å². The molecule has 2 aromatic rings. The largest absolute Gasteiger partial charge is 0.383 e. The van der Waals surface area contributed by atoms with Crippen LogP contribution in [0.25, 0.3) is 0 Å². The average Bonchev–Trinajstić information content (AvgIpc) is 2.63. The van der Waals surface area contributed by atoms with Crippen molar-refractivity contribution in [3.8, 4) is 0 Å². The Hall–Kier alpha value is -2.73. The number of benzene rings is 1. The lowest BCUT2D eigenvalue weighted by molar-refractivity contribution is 0.0932. The number of anilines is 1. The van der Waals surface area contributed by atoms with Crippen molar-refractivity contribution in [2.75, 3.05) is 25.6 Å². The van der Waals surface area contributed by atoms with Gasteiger partial charge >= 0.3 is 0 Å². The molecule has 0 saturated heterocycles. The summed E-state index contributed by atoms with van der Waals surface area (Å²) in [5.74, 6) is -0.603. The van der Waals surface area contributed by atoms with Crippen molar-refractivity contribution in [3.05, 3.63) is 58.9 Å². The highest BCUT2D eigenvalue weighted by atomic mass is 16.5. The smallest absolute Gasteiger partial charge is 0.269 e. The fourth-order valence-corrected chi connectivity index (χ4v) is 2.44. The molecule has 132 valence electrons. The number of carbonyl (C=O) groups excluding carboxylic acids is 2. The predicted octanol–water partition coefficient (Wildman–Crippen LogP) is 2.58. The summed E-state index contributed by atoms with van der Waals surface area (Å²) >= 11 is 0. The lowest BCUT2D eigenvalue weighted by atomic mass is 10.1. The number of aryl methyl sites for hydroxylation is 2. The molecule has 6 heteroatoms. The van der Waals surface area contributed by atoms with Crippen molar-refractivity contribution in [3.63, 3.8) is 0 Å². The number of hydrogen-bond donors (Lipinski definition) is 2. The third-order valence-electron chi connectivity index (χ3n) is 3.83. The lowest BCUT2D eigenvalue weighted by Crippen LogP contribution is -2.28. The molecule has 2 rings (SSSR count). The molecule has 6 nitrogen and oxygen atoms in total. The molecule has 25 heavy (non-hydrogen) atoms. The highest BCUT2D eigenvalue weighted by Crippen LogP contribution is 2.21. The maximum absolute atomic E-state index is 12.6. The van der Waals surface area contributed by atoms with Crippen molar-refractivity contribution < 1.29 is 14.3 Å². The topological polar surface area (TPSA) is 80.3 Å². The first-order valence-electron chi connectivity index (χ1n) is 8.19. The van der Waals surface area contributed by atoms with E-state index >= 15 is 0 Å². The Balaban J connectivity index is 2.15. The van der Waals surface area contributed by atoms with Gasteiger partial charge in [-0.3, -0.25) is 14.6 Å². The van der Waals surface area contributed by atoms with Gasteiger partial charge in [0, 0.05) is 31.1 Å². The number of methoxy groups -OCH3 is 1. The summed E-state index contributed by atoms with van der Waals surface area (Å²) in [6, 6.07) is 8.99. The number of pyridine rings is 1. The first-order chi connectivity index (χ1) is 12.1. The number of nitrogens with zero attached hydrogens (tertiary/aromatic N) is 1. The third kappa shape index (κ3) is 4.87. The molecule has 1 heterocycles. The maximum atomic E-state index is 12.6. The monoisotopic (exact) mass is 341 g/mol. The molecule has 0 aliphatic heterocycles. The minimum atomic E-state index is -0.336.